The fourth-order valence-electron chi connectivity index (χ4n) is 3.44. The minimum absolute atomic E-state index is 0.167. The summed E-state index contributed by atoms with van der Waals surface area (Å²) in [7, 11) is 1.74. The Morgan fingerprint density at radius 2 is 1.89 bits per heavy atom. The van der Waals surface area contributed by atoms with Gasteiger partial charge in [-0.3, -0.25) is 9.78 Å². The molecule has 3 N–H and O–H groups in total. The largest absolute Gasteiger partial charge is 0.397 e. The summed E-state index contributed by atoms with van der Waals surface area (Å²) in [5, 5.41) is 4.16. The number of nitrogens with two attached hydrogens (primary N) is 1. The quantitative estimate of drug-likeness (QED) is 0.750. The second-order valence-electron chi connectivity index (χ2n) is 6.72. The van der Waals surface area contributed by atoms with Crippen LogP contribution in [0, 0.1) is 0 Å². The third-order valence-corrected chi connectivity index (χ3v) is 5.06. The molecule has 0 atom stereocenters. The smallest absolute Gasteiger partial charge is 0.261 e. The van der Waals surface area contributed by atoms with E-state index in [2.05, 4.69) is 21.3 Å². The Kier molecular flexibility index (Phi) is 4.64. The number of carbonyl (C=O) groups is 1. The van der Waals surface area contributed by atoms with Crippen LogP contribution >= 0.6 is 0 Å². The van der Waals surface area contributed by atoms with E-state index in [0.717, 1.165) is 48.5 Å². The lowest BCUT2D eigenvalue weighted by Gasteiger charge is -2.29. The molecule has 1 aliphatic heterocycles. The molecule has 0 aliphatic carbocycles. The molecule has 3 aromatic rings. The number of piperazine rings is 1. The normalized spacial score (nSPS) is 14.3. The topological polar surface area (TPSA) is 74.5 Å². The van der Waals surface area contributed by atoms with Crippen molar-refractivity contribution in [3.05, 3.63) is 60.3 Å². The number of hydrogen-bond donors (Lipinski definition) is 2. The van der Waals surface area contributed by atoms with Crippen molar-refractivity contribution in [3.63, 3.8) is 0 Å². The van der Waals surface area contributed by atoms with Crippen LogP contribution in [0.5, 0.6) is 0 Å². The van der Waals surface area contributed by atoms with E-state index in [-0.39, 0.29) is 5.91 Å². The van der Waals surface area contributed by atoms with Crippen LogP contribution in [0.25, 0.3) is 10.9 Å². The summed E-state index contributed by atoms with van der Waals surface area (Å²) in [5.74, 6) is -0.167. The maximum Gasteiger partial charge on any atom is 0.261 e. The zero-order valence-electron chi connectivity index (χ0n) is 15.4. The van der Waals surface area contributed by atoms with Crippen LogP contribution in [0.3, 0.4) is 0 Å². The van der Waals surface area contributed by atoms with Gasteiger partial charge in [-0.2, -0.15) is 0 Å². The fourth-order valence-corrected chi connectivity index (χ4v) is 3.44. The Morgan fingerprint density at radius 3 is 2.63 bits per heavy atom. The summed E-state index contributed by atoms with van der Waals surface area (Å²) in [6.45, 7) is 3.90. The SMILES string of the molecule is CN(C(=O)c1cnc2cc(N3CCNCC3)ccc2c1N)c1ccccc1. The number of aromatic nitrogens is 1. The fraction of sp³-hybridized carbons (Fsp3) is 0.238. The number of fused-ring (bicyclic) bond motifs is 1. The molecule has 1 aliphatic rings. The highest BCUT2D eigenvalue weighted by Crippen LogP contribution is 2.28. The molecule has 0 saturated carbocycles. The number of amides is 1. The number of pyridine rings is 1. The lowest BCUT2D eigenvalue weighted by atomic mass is 10.1. The van der Waals surface area contributed by atoms with E-state index in [0.29, 0.717) is 11.3 Å². The van der Waals surface area contributed by atoms with Crippen molar-refractivity contribution in [1.29, 1.82) is 0 Å². The zero-order valence-corrected chi connectivity index (χ0v) is 15.4. The molecule has 2 aromatic carbocycles. The molecule has 138 valence electrons. The van der Waals surface area contributed by atoms with Crippen LogP contribution < -0.4 is 20.9 Å². The van der Waals surface area contributed by atoms with Crippen LogP contribution in [0.4, 0.5) is 17.1 Å². The molecule has 0 unspecified atom stereocenters. The standard InChI is InChI=1S/C21H23N5O/c1-25(15-5-3-2-4-6-15)21(27)18-14-24-19-13-16(7-8-17(19)20(18)22)26-11-9-23-10-12-26/h2-8,13-14,23H,9-12H2,1H3,(H2,22,24). The molecular formula is C21H23N5O. The molecule has 27 heavy (non-hydrogen) atoms. The highest BCUT2D eigenvalue weighted by molar-refractivity contribution is 6.13. The number of hydrogen-bond acceptors (Lipinski definition) is 5. The maximum absolute atomic E-state index is 12.9. The Hall–Kier alpha value is -3.12. The number of anilines is 3. The van der Waals surface area contributed by atoms with Gasteiger partial charge in [-0.25, -0.2) is 0 Å². The molecule has 2 heterocycles. The third-order valence-electron chi connectivity index (χ3n) is 5.06. The molecule has 1 amide bonds. The van der Waals surface area contributed by atoms with Gasteiger partial charge in [0.25, 0.3) is 5.91 Å². The van der Waals surface area contributed by atoms with Gasteiger partial charge in [0, 0.05) is 56.2 Å². The first-order chi connectivity index (χ1) is 13.1. The number of rotatable bonds is 3. The molecule has 6 nitrogen and oxygen atoms in total. The van der Waals surface area contributed by atoms with Gasteiger partial charge < -0.3 is 20.9 Å². The summed E-state index contributed by atoms with van der Waals surface area (Å²) in [6.07, 6.45) is 1.58. The van der Waals surface area contributed by atoms with Gasteiger partial charge in [0.15, 0.2) is 0 Å². The molecule has 6 heteroatoms. The number of nitrogens with one attached hydrogen (secondary N) is 1. The Labute approximate surface area is 158 Å². The van der Waals surface area contributed by atoms with Crippen molar-refractivity contribution in [2.75, 3.05) is 48.8 Å². The summed E-state index contributed by atoms with van der Waals surface area (Å²) < 4.78 is 0. The van der Waals surface area contributed by atoms with E-state index < -0.39 is 0 Å². The lowest BCUT2D eigenvalue weighted by molar-refractivity contribution is 0.0993. The van der Waals surface area contributed by atoms with E-state index in [1.54, 1.807) is 18.1 Å². The van der Waals surface area contributed by atoms with E-state index in [1.165, 1.54) is 0 Å². The van der Waals surface area contributed by atoms with Gasteiger partial charge in [-0.15, -0.1) is 0 Å². The van der Waals surface area contributed by atoms with E-state index in [1.807, 2.05) is 42.5 Å². The Bertz CT molecular complexity index is 967. The second-order valence-corrected chi connectivity index (χ2v) is 6.72. The number of nitrogen functional groups attached to an aromatic ring is 1. The van der Waals surface area contributed by atoms with Crippen LogP contribution in [0.1, 0.15) is 10.4 Å². The second kappa shape index (κ2) is 7.25. The third kappa shape index (κ3) is 3.31. The van der Waals surface area contributed by atoms with Crippen LogP contribution in [-0.4, -0.2) is 44.1 Å². The van der Waals surface area contributed by atoms with E-state index >= 15 is 0 Å². The number of benzene rings is 2. The summed E-state index contributed by atoms with van der Waals surface area (Å²) in [6, 6.07) is 15.6. The van der Waals surface area contributed by atoms with Crippen LogP contribution in [0.15, 0.2) is 54.7 Å². The van der Waals surface area contributed by atoms with Crippen molar-refractivity contribution >= 4 is 33.9 Å². The van der Waals surface area contributed by atoms with Crippen molar-refractivity contribution in [3.8, 4) is 0 Å². The molecule has 1 aromatic heterocycles. The van der Waals surface area contributed by atoms with Gasteiger partial charge >= 0.3 is 0 Å². The average molecular weight is 361 g/mol. The first-order valence-electron chi connectivity index (χ1n) is 9.12. The highest BCUT2D eigenvalue weighted by atomic mass is 16.2. The van der Waals surface area contributed by atoms with Gasteiger partial charge in [-0.05, 0) is 30.3 Å². The zero-order chi connectivity index (χ0) is 18.8. The molecule has 0 spiro atoms. The van der Waals surface area contributed by atoms with Gasteiger partial charge in [-0.1, -0.05) is 18.2 Å². The van der Waals surface area contributed by atoms with Crippen molar-refractivity contribution in [1.82, 2.24) is 10.3 Å². The Morgan fingerprint density at radius 1 is 1.15 bits per heavy atom. The van der Waals surface area contributed by atoms with E-state index in [9.17, 15) is 4.79 Å². The van der Waals surface area contributed by atoms with Crippen molar-refractivity contribution in [2.45, 2.75) is 0 Å². The predicted octanol–water partition coefficient (Wildman–Crippen LogP) is 2.50. The average Bonchev–Trinajstić information content (AvgIpc) is 2.74. The predicted molar refractivity (Wildman–Crippen MR) is 110 cm³/mol. The minimum Gasteiger partial charge on any atom is -0.397 e. The maximum atomic E-state index is 12.9. The summed E-state index contributed by atoms with van der Waals surface area (Å²) in [4.78, 5) is 21.4. The van der Waals surface area contributed by atoms with Gasteiger partial charge in [0.1, 0.15) is 0 Å². The summed E-state index contributed by atoms with van der Waals surface area (Å²) in [5.41, 5.74) is 10.0. The van der Waals surface area contributed by atoms with Crippen LogP contribution in [0.2, 0.25) is 0 Å². The van der Waals surface area contributed by atoms with Gasteiger partial charge in [0.2, 0.25) is 0 Å². The number of carbonyl (C=O) groups excluding carboxylic acids is 1. The van der Waals surface area contributed by atoms with Crippen LogP contribution in [-0.2, 0) is 0 Å². The molecular weight excluding hydrogens is 338 g/mol. The van der Waals surface area contributed by atoms with Gasteiger partial charge in [0.05, 0.1) is 16.8 Å². The van der Waals surface area contributed by atoms with Crippen molar-refractivity contribution < 1.29 is 4.79 Å². The monoisotopic (exact) mass is 361 g/mol. The molecule has 1 saturated heterocycles. The number of para-hydroxylation sites is 1. The first kappa shape index (κ1) is 17.3. The number of nitrogens with zero attached hydrogens (tertiary/aromatic N) is 3. The molecule has 1 fully saturated rings. The first-order valence-corrected chi connectivity index (χ1v) is 9.12. The van der Waals surface area contributed by atoms with Crippen molar-refractivity contribution in [2.24, 2.45) is 0 Å². The highest BCUT2D eigenvalue weighted by Gasteiger charge is 2.19. The molecule has 4 rings (SSSR count). The van der Waals surface area contributed by atoms with E-state index in [4.69, 9.17) is 5.73 Å². The minimum atomic E-state index is -0.167. The Balaban J connectivity index is 1.66. The molecule has 0 radical (unpaired) electrons. The summed E-state index contributed by atoms with van der Waals surface area (Å²) >= 11 is 0. The lowest BCUT2D eigenvalue weighted by Crippen LogP contribution is -2.43. The molecule has 0 bridgehead atoms.